The Kier molecular flexibility index (Phi) is 6.42. The van der Waals surface area contributed by atoms with Gasteiger partial charge in [-0.2, -0.15) is 0 Å². The number of nitrogens with zero attached hydrogens (tertiary/aromatic N) is 3. The Morgan fingerprint density at radius 3 is 2.63 bits per heavy atom. The van der Waals surface area contributed by atoms with Crippen molar-refractivity contribution in [2.24, 2.45) is 0 Å². The average Bonchev–Trinajstić information content (AvgIpc) is 3.41. The van der Waals surface area contributed by atoms with Crippen molar-refractivity contribution in [3.63, 3.8) is 0 Å². The minimum atomic E-state index is -0.224. The molecule has 0 saturated heterocycles. The zero-order valence-electron chi connectivity index (χ0n) is 15.6. The first-order chi connectivity index (χ1) is 14.6. The van der Waals surface area contributed by atoms with Gasteiger partial charge in [-0.1, -0.05) is 71.4 Å². The van der Waals surface area contributed by atoms with Crippen LogP contribution in [0.4, 0.5) is 5.69 Å². The van der Waals surface area contributed by atoms with Gasteiger partial charge in [-0.25, -0.2) is 0 Å². The van der Waals surface area contributed by atoms with E-state index in [9.17, 15) is 4.79 Å². The fourth-order valence-electron chi connectivity index (χ4n) is 2.81. The summed E-state index contributed by atoms with van der Waals surface area (Å²) in [7, 11) is 0. The van der Waals surface area contributed by atoms with Gasteiger partial charge in [0.05, 0.1) is 34.3 Å². The molecule has 0 aliphatic heterocycles. The van der Waals surface area contributed by atoms with E-state index in [1.165, 1.54) is 11.8 Å². The number of amides is 1. The van der Waals surface area contributed by atoms with Crippen LogP contribution in [0.1, 0.15) is 5.76 Å². The van der Waals surface area contributed by atoms with E-state index >= 15 is 0 Å². The third-order valence-corrected chi connectivity index (χ3v) is 5.99. The Bertz CT molecular complexity index is 1150. The third kappa shape index (κ3) is 4.70. The maximum Gasteiger partial charge on any atom is 0.234 e. The number of thioether (sulfide) groups is 1. The smallest absolute Gasteiger partial charge is 0.234 e. The van der Waals surface area contributed by atoms with Gasteiger partial charge >= 0.3 is 0 Å². The first-order valence-electron chi connectivity index (χ1n) is 8.99. The van der Waals surface area contributed by atoms with Gasteiger partial charge in [0.25, 0.3) is 0 Å². The highest BCUT2D eigenvalue weighted by Crippen LogP contribution is 2.30. The Morgan fingerprint density at radius 2 is 1.87 bits per heavy atom. The molecule has 4 rings (SSSR count). The number of benzene rings is 2. The molecule has 0 fully saturated rings. The highest BCUT2D eigenvalue weighted by atomic mass is 35.5. The van der Waals surface area contributed by atoms with Crippen molar-refractivity contribution >= 4 is 46.6 Å². The predicted octanol–water partition coefficient (Wildman–Crippen LogP) is 5.62. The number of hydrogen-bond donors (Lipinski definition) is 1. The normalized spacial score (nSPS) is 10.9. The van der Waals surface area contributed by atoms with Crippen LogP contribution in [0.25, 0.3) is 11.4 Å². The summed E-state index contributed by atoms with van der Waals surface area (Å²) in [5.74, 6) is 1.38. The zero-order chi connectivity index (χ0) is 20.9. The lowest BCUT2D eigenvalue weighted by Gasteiger charge is -2.10. The van der Waals surface area contributed by atoms with Crippen molar-refractivity contribution < 1.29 is 9.21 Å². The number of anilines is 1. The maximum atomic E-state index is 12.4. The summed E-state index contributed by atoms with van der Waals surface area (Å²) in [5.41, 5.74) is 1.40. The summed E-state index contributed by atoms with van der Waals surface area (Å²) < 4.78 is 7.42. The van der Waals surface area contributed by atoms with Crippen molar-refractivity contribution in [1.82, 2.24) is 14.8 Å². The predicted molar refractivity (Wildman–Crippen MR) is 119 cm³/mol. The Labute approximate surface area is 187 Å². The number of carbonyl (C=O) groups is 1. The van der Waals surface area contributed by atoms with Gasteiger partial charge in [-0.15, -0.1) is 10.2 Å². The maximum absolute atomic E-state index is 12.4. The summed E-state index contributed by atoms with van der Waals surface area (Å²) in [6, 6.07) is 18.6. The number of furan rings is 1. The summed E-state index contributed by atoms with van der Waals surface area (Å²) in [5, 5.41) is 12.7. The molecule has 1 amide bonds. The fraction of sp³-hybridized carbons (Fsp3) is 0.0952. The van der Waals surface area contributed by atoms with Gasteiger partial charge in [0.1, 0.15) is 5.76 Å². The summed E-state index contributed by atoms with van der Waals surface area (Å²) >= 11 is 13.4. The van der Waals surface area contributed by atoms with E-state index in [0.29, 0.717) is 33.3 Å². The molecule has 0 unspecified atom stereocenters. The molecular weight excluding hydrogens is 443 g/mol. The topological polar surface area (TPSA) is 73.0 Å². The second-order valence-corrected chi connectivity index (χ2v) is 8.00. The number of nitrogens with one attached hydrogen (secondary N) is 1. The summed E-state index contributed by atoms with van der Waals surface area (Å²) in [6.07, 6.45) is 1.62. The van der Waals surface area contributed by atoms with Gasteiger partial charge < -0.3 is 9.73 Å². The molecule has 0 bridgehead atoms. The first-order valence-corrected chi connectivity index (χ1v) is 10.7. The molecule has 0 aliphatic carbocycles. The van der Waals surface area contributed by atoms with E-state index in [1.807, 2.05) is 47.0 Å². The number of rotatable bonds is 7. The number of halogens is 2. The molecule has 2 heterocycles. The highest BCUT2D eigenvalue weighted by molar-refractivity contribution is 7.99. The highest BCUT2D eigenvalue weighted by Gasteiger charge is 2.17. The van der Waals surface area contributed by atoms with Crippen molar-refractivity contribution in [1.29, 1.82) is 0 Å². The molecule has 2 aromatic carbocycles. The van der Waals surface area contributed by atoms with E-state index in [2.05, 4.69) is 15.5 Å². The molecule has 0 saturated carbocycles. The Morgan fingerprint density at radius 1 is 1.03 bits per heavy atom. The van der Waals surface area contributed by atoms with Crippen molar-refractivity contribution in [2.75, 3.05) is 11.1 Å². The van der Waals surface area contributed by atoms with Crippen LogP contribution in [0.15, 0.2) is 76.5 Å². The van der Waals surface area contributed by atoms with E-state index in [4.69, 9.17) is 27.6 Å². The largest absolute Gasteiger partial charge is 0.467 e. The average molecular weight is 459 g/mol. The van der Waals surface area contributed by atoms with Crippen molar-refractivity contribution in [3.8, 4) is 11.4 Å². The monoisotopic (exact) mass is 458 g/mol. The molecule has 0 aliphatic rings. The molecule has 9 heteroatoms. The second-order valence-electron chi connectivity index (χ2n) is 6.28. The van der Waals surface area contributed by atoms with E-state index in [1.54, 1.807) is 24.5 Å². The molecule has 30 heavy (non-hydrogen) atoms. The molecule has 0 atom stereocenters. The lowest BCUT2D eigenvalue weighted by Crippen LogP contribution is -2.15. The van der Waals surface area contributed by atoms with Crippen LogP contribution in [0.3, 0.4) is 0 Å². The molecular formula is C21H16Cl2N4O2S. The van der Waals surface area contributed by atoms with Crippen LogP contribution in [0, 0.1) is 0 Å². The summed E-state index contributed by atoms with van der Waals surface area (Å²) in [4.78, 5) is 12.4. The van der Waals surface area contributed by atoms with Crippen LogP contribution in [-0.4, -0.2) is 26.4 Å². The Balaban J connectivity index is 1.52. The fourth-order valence-corrected chi connectivity index (χ4v) is 3.90. The van der Waals surface area contributed by atoms with E-state index in [-0.39, 0.29) is 11.7 Å². The quantitative estimate of drug-likeness (QED) is 0.363. The molecule has 0 spiro atoms. The van der Waals surface area contributed by atoms with Gasteiger partial charge in [-0.3, -0.25) is 9.36 Å². The first kappa shape index (κ1) is 20.5. The van der Waals surface area contributed by atoms with Crippen LogP contribution >= 0.6 is 35.0 Å². The van der Waals surface area contributed by atoms with Gasteiger partial charge in [0, 0.05) is 5.56 Å². The SMILES string of the molecule is O=C(CSc1nnc(-c2ccccc2)n1Cc1ccco1)Nc1cccc(Cl)c1Cl. The number of hydrogen-bond acceptors (Lipinski definition) is 5. The second kappa shape index (κ2) is 9.38. The van der Waals surface area contributed by atoms with E-state index in [0.717, 1.165) is 11.3 Å². The third-order valence-electron chi connectivity index (χ3n) is 4.20. The lowest BCUT2D eigenvalue weighted by atomic mass is 10.2. The molecule has 152 valence electrons. The minimum absolute atomic E-state index is 0.133. The van der Waals surface area contributed by atoms with E-state index < -0.39 is 0 Å². The van der Waals surface area contributed by atoms with Crippen molar-refractivity contribution in [3.05, 3.63) is 82.7 Å². The standard InChI is InChI=1S/C21H16Cl2N4O2S/c22-16-9-4-10-17(19(16)23)24-18(28)13-30-21-26-25-20(14-6-2-1-3-7-14)27(21)12-15-8-5-11-29-15/h1-11H,12-13H2,(H,24,28). The Hall–Kier alpha value is -2.74. The van der Waals surface area contributed by atoms with Crippen LogP contribution in [0.2, 0.25) is 10.0 Å². The van der Waals surface area contributed by atoms with Crippen molar-refractivity contribution in [2.45, 2.75) is 11.7 Å². The van der Waals surface area contributed by atoms with Crippen LogP contribution in [0.5, 0.6) is 0 Å². The van der Waals surface area contributed by atoms with Gasteiger partial charge in [0.2, 0.25) is 5.91 Å². The molecule has 2 aromatic heterocycles. The van der Waals surface area contributed by atoms with Crippen LogP contribution in [-0.2, 0) is 11.3 Å². The summed E-state index contributed by atoms with van der Waals surface area (Å²) in [6.45, 7) is 0.453. The molecule has 4 aromatic rings. The minimum Gasteiger partial charge on any atom is -0.467 e. The molecule has 6 nitrogen and oxygen atoms in total. The molecule has 1 N–H and O–H groups in total. The van der Waals surface area contributed by atoms with Crippen LogP contribution < -0.4 is 5.32 Å². The van der Waals surface area contributed by atoms with Gasteiger partial charge in [-0.05, 0) is 24.3 Å². The molecule has 0 radical (unpaired) electrons. The number of carbonyl (C=O) groups excluding carboxylic acids is 1. The lowest BCUT2D eigenvalue weighted by molar-refractivity contribution is -0.113. The number of aromatic nitrogens is 3. The van der Waals surface area contributed by atoms with Gasteiger partial charge in [0.15, 0.2) is 11.0 Å². The zero-order valence-corrected chi connectivity index (χ0v) is 17.9.